The molecule has 2 nitrogen and oxygen atoms in total. The van der Waals surface area contributed by atoms with Crippen molar-refractivity contribution in [2.75, 3.05) is 13.2 Å². The van der Waals surface area contributed by atoms with Crippen molar-refractivity contribution in [2.45, 2.75) is 83.8 Å². The highest BCUT2D eigenvalue weighted by atomic mass is 16.7. The second kappa shape index (κ2) is 12.5. The van der Waals surface area contributed by atoms with E-state index in [4.69, 9.17) is 9.47 Å². The Morgan fingerprint density at radius 3 is 2.53 bits per heavy atom. The quantitative estimate of drug-likeness (QED) is 0.446. The zero-order chi connectivity index (χ0) is 13.6. The molecule has 0 amide bonds. The molecule has 1 saturated heterocycles. The minimum atomic E-state index is 0.0817. The predicted molar refractivity (Wildman–Crippen MR) is 79.9 cm³/mol. The molecule has 19 heavy (non-hydrogen) atoms. The number of ether oxygens (including phenoxy) is 2. The van der Waals surface area contributed by atoms with Gasteiger partial charge in [0.2, 0.25) is 0 Å². The fraction of sp³-hybridized carbons (Fsp3) is 0.882. The van der Waals surface area contributed by atoms with Crippen molar-refractivity contribution in [1.82, 2.24) is 0 Å². The van der Waals surface area contributed by atoms with Crippen LogP contribution in [0.5, 0.6) is 0 Å². The molecule has 1 fully saturated rings. The van der Waals surface area contributed by atoms with E-state index in [1.807, 2.05) is 0 Å². The molecule has 1 rings (SSSR count). The number of hydrogen-bond donors (Lipinski definition) is 0. The molecule has 1 heterocycles. The largest absolute Gasteiger partial charge is 0.353 e. The molecule has 1 aliphatic heterocycles. The van der Waals surface area contributed by atoms with Gasteiger partial charge in [-0.1, -0.05) is 26.2 Å². The van der Waals surface area contributed by atoms with E-state index in [1.165, 1.54) is 44.9 Å². The van der Waals surface area contributed by atoms with Gasteiger partial charge in [0.1, 0.15) is 0 Å². The lowest BCUT2D eigenvalue weighted by molar-refractivity contribution is -0.162. The van der Waals surface area contributed by atoms with Gasteiger partial charge in [0.15, 0.2) is 6.29 Å². The lowest BCUT2D eigenvalue weighted by Gasteiger charge is -2.22. The Morgan fingerprint density at radius 2 is 1.79 bits per heavy atom. The maximum absolute atomic E-state index is 5.70. The van der Waals surface area contributed by atoms with Crippen LogP contribution in [-0.2, 0) is 9.47 Å². The van der Waals surface area contributed by atoms with Crippen molar-refractivity contribution < 1.29 is 9.47 Å². The summed E-state index contributed by atoms with van der Waals surface area (Å²) >= 11 is 0. The molecule has 0 N–H and O–H groups in total. The normalized spacial score (nSPS) is 18.9. The van der Waals surface area contributed by atoms with Crippen LogP contribution in [0.1, 0.15) is 77.6 Å². The standard InChI is InChI=1S/C17H30O2/c1-2-3-4-5-6-7-8-9-10-12-15-18-17-14-11-13-16-19-17/h17H,2-4,7-16H2,1H3. The summed E-state index contributed by atoms with van der Waals surface area (Å²) in [6.07, 6.45) is 13.2. The van der Waals surface area contributed by atoms with E-state index in [1.54, 1.807) is 0 Å². The van der Waals surface area contributed by atoms with Crippen molar-refractivity contribution in [3.8, 4) is 11.8 Å². The number of unbranched alkanes of at least 4 members (excludes halogenated alkanes) is 6. The van der Waals surface area contributed by atoms with E-state index in [0.717, 1.165) is 38.9 Å². The SMILES string of the molecule is CCCCC#CCCCCCCOC1CCCCO1. The van der Waals surface area contributed by atoms with Gasteiger partial charge in [-0.05, 0) is 38.5 Å². The first-order chi connectivity index (χ1) is 9.43. The highest BCUT2D eigenvalue weighted by Crippen LogP contribution is 2.14. The van der Waals surface area contributed by atoms with Crippen LogP contribution < -0.4 is 0 Å². The lowest BCUT2D eigenvalue weighted by atomic mass is 10.1. The van der Waals surface area contributed by atoms with Gasteiger partial charge in [0, 0.05) is 26.1 Å². The van der Waals surface area contributed by atoms with Crippen LogP contribution >= 0.6 is 0 Å². The summed E-state index contributed by atoms with van der Waals surface area (Å²) in [4.78, 5) is 0. The van der Waals surface area contributed by atoms with Gasteiger partial charge >= 0.3 is 0 Å². The van der Waals surface area contributed by atoms with Gasteiger partial charge in [-0.25, -0.2) is 0 Å². The van der Waals surface area contributed by atoms with Gasteiger partial charge < -0.3 is 9.47 Å². The van der Waals surface area contributed by atoms with E-state index in [0.29, 0.717) is 0 Å². The zero-order valence-corrected chi connectivity index (χ0v) is 12.6. The van der Waals surface area contributed by atoms with Crippen molar-refractivity contribution in [1.29, 1.82) is 0 Å². The molecule has 0 aliphatic carbocycles. The van der Waals surface area contributed by atoms with Crippen molar-refractivity contribution in [3.05, 3.63) is 0 Å². The molecule has 1 aliphatic rings. The summed E-state index contributed by atoms with van der Waals surface area (Å²) in [5, 5.41) is 0. The summed E-state index contributed by atoms with van der Waals surface area (Å²) in [6.45, 7) is 3.94. The Bertz CT molecular complexity index is 246. The van der Waals surface area contributed by atoms with Crippen LogP contribution in [0.3, 0.4) is 0 Å². The first kappa shape index (κ1) is 16.5. The van der Waals surface area contributed by atoms with Gasteiger partial charge in [-0.2, -0.15) is 0 Å². The molecule has 0 aromatic heterocycles. The Kier molecular flexibility index (Phi) is 10.9. The molecule has 0 saturated carbocycles. The molecule has 0 spiro atoms. The van der Waals surface area contributed by atoms with Crippen LogP contribution in [0.15, 0.2) is 0 Å². The first-order valence-electron chi connectivity index (χ1n) is 8.12. The third-order valence-electron chi connectivity index (χ3n) is 3.42. The number of hydrogen-bond acceptors (Lipinski definition) is 2. The molecule has 0 bridgehead atoms. The van der Waals surface area contributed by atoms with Crippen LogP contribution in [0, 0.1) is 11.8 Å². The maximum atomic E-state index is 5.70. The summed E-state index contributed by atoms with van der Waals surface area (Å²) < 4.78 is 11.2. The van der Waals surface area contributed by atoms with Gasteiger partial charge in [-0.3, -0.25) is 0 Å². The maximum Gasteiger partial charge on any atom is 0.157 e. The Labute approximate surface area is 119 Å². The summed E-state index contributed by atoms with van der Waals surface area (Å²) in [6, 6.07) is 0. The average molecular weight is 266 g/mol. The third-order valence-corrected chi connectivity index (χ3v) is 3.42. The molecule has 1 atom stereocenters. The Balaban J connectivity index is 1.79. The minimum absolute atomic E-state index is 0.0817. The third kappa shape index (κ3) is 9.99. The molecule has 110 valence electrons. The summed E-state index contributed by atoms with van der Waals surface area (Å²) in [5.74, 6) is 6.50. The summed E-state index contributed by atoms with van der Waals surface area (Å²) in [7, 11) is 0. The molecule has 0 aromatic carbocycles. The highest BCUT2D eigenvalue weighted by Gasteiger charge is 2.12. The van der Waals surface area contributed by atoms with Gasteiger partial charge in [-0.15, -0.1) is 11.8 Å². The smallest absolute Gasteiger partial charge is 0.157 e. The van der Waals surface area contributed by atoms with E-state index < -0.39 is 0 Å². The van der Waals surface area contributed by atoms with Crippen LogP contribution in [0.2, 0.25) is 0 Å². The van der Waals surface area contributed by atoms with Gasteiger partial charge in [0.05, 0.1) is 0 Å². The second-order valence-electron chi connectivity index (χ2n) is 5.29. The number of rotatable bonds is 9. The van der Waals surface area contributed by atoms with Crippen LogP contribution in [-0.4, -0.2) is 19.5 Å². The first-order valence-corrected chi connectivity index (χ1v) is 8.12. The van der Waals surface area contributed by atoms with E-state index in [9.17, 15) is 0 Å². The molecule has 0 aromatic rings. The van der Waals surface area contributed by atoms with E-state index in [-0.39, 0.29) is 6.29 Å². The molecular formula is C17H30O2. The Morgan fingerprint density at radius 1 is 1.00 bits per heavy atom. The topological polar surface area (TPSA) is 18.5 Å². The van der Waals surface area contributed by atoms with Crippen LogP contribution in [0.4, 0.5) is 0 Å². The molecule has 0 radical (unpaired) electrons. The predicted octanol–water partition coefficient (Wildman–Crippen LogP) is 4.67. The van der Waals surface area contributed by atoms with Crippen molar-refractivity contribution in [2.24, 2.45) is 0 Å². The Hall–Kier alpha value is -0.520. The van der Waals surface area contributed by atoms with Gasteiger partial charge in [0.25, 0.3) is 0 Å². The van der Waals surface area contributed by atoms with Crippen LogP contribution in [0.25, 0.3) is 0 Å². The lowest BCUT2D eigenvalue weighted by Crippen LogP contribution is -2.22. The average Bonchev–Trinajstić information content (AvgIpc) is 2.46. The molecule has 1 unspecified atom stereocenters. The molecular weight excluding hydrogens is 236 g/mol. The second-order valence-corrected chi connectivity index (χ2v) is 5.29. The van der Waals surface area contributed by atoms with Crippen molar-refractivity contribution >= 4 is 0 Å². The fourth-order valence-electron chi connectivity index (χ4n) is 2.17. The van der Waals surface area contributed by atoms with E-state index in [2.05, 4.69) is 18.8 Å². The minimum Gasteiger partial charge on any atom is -0.353 e. The van der Waals surface area contributed by atoms with E-state index >= 15 is 0 Å². The molecule has 2 heteroatoms. The highest BCUT2D eigenvalue weighted by molar-refractivity contribution is 4.98. The summed E-state index contributed by atoms with van der Waals surface area (Å²) in [5.41, 5.74) is 0. The van der Waals surface area contributed by atoms with Crippen molar-refractivity contribution in [3.63, 3.8) is 0 Å². The fourth-order valence-corrected chi connectivity index (χ4v) is 2.17. The zero-order valence-electron chi connectivity index (χ0n) is 12.6. The monoisotopic (exact) mass is 266 g/mol.